The summed E-state index contributed by atoms with van der Waals surface area (Å²) < 4.78 is 10.2. The van der Waals surface area contributed by atoms with Crippen LogP contribution in [0, 0.1) is 0 Å². The highest BCUT2D eigenvalue weighted by Gasteiger charge is 2.19. The molecule has 0 aliphatic carbocycles. The van der Waals surface area contributed by atoms with Crippen molar-refractivity contribution in [2.75, 3.05) is 0 Å². The van der Waals surface area contributed by atoms with E-state index in [4.69, 9.17) is 9.47 Å². The van der Waals surface area contributed by atoms with E-state index < -0.39 is 18.2 Å². The Kier molecular flexibility index (Phi) is 11.6. The van der Waals surface area contributed by atoms with Crippen LogP contribution < -0.4 is 0 Å². The predicted octanol–water partition coefficient (Wildman–Crippen LogP) is 4.53. The molecule has 0 amide bonds. The van der Waals surface area contributed by atoms with Gasteiger partial charge in [0, 0.05) is 19.4 Å². The minimum Gasteiger partial charge on any atom is -0.421 e. The summed E-state index contributed by atoms with van der Waals surface area (Å²) in [6, 6.07) is 0. The summed E-state index contributed by atoms with van der Waals surface area (Å²) in [6.07, 6.45) is 9.88. The monoisotopic (exact) mass is 298 g/mol. The second-order valence-electron chi connectivity index (χ2n) is 5.28. The van der Waals surface area contributed by atoms with Crippen LogP contribution in [0.4, 0.5) is 0 Å². The van der Waals surface area contributed by atoms with Crippen molar-refractivity contribution in [1.82, 2.24) is 0 Å². The molecule has 0 atom stereocenters. The first kappa shape index (κ1) is 19.7. The Morgan fingerprint density at radius 2 is 1.48 bits per heavy atom. The zero-order valence-corrected chi connectivity index (χ0v) is 13.9. The molecule has 0 aliphatic rings. The van der Waals surface area contributed by atoms with Gasteiger partial charge in [-0.1, -0.05) is 52.0 Å². The van der Waals surface area contributed by atoms with Gasteiger partial charge in [0.1, 0.15) is 0 Å². The lowest BCUT2D eigenvalue weighted by molar-refractivity contribution is -0.178. The molecule has 0 N–H and O–H groups in total. The van der Waals surface area contributed by atoms with Crippen molar-refractivity contribution < 1.29 is 19.1 Å². The Morgan fingerprint density at radius 1 is 0.905 bits per heavy atom. The van der Waals surface area contributed by atoms with Gasteiger partial charge >= 0.3 is 11.9 Å². The first-order valence-corrected chi connectivity index (χ1v) is 8.04. The van der Waals surface area contributed by atoms with Gasteiger partial charge in [0.15, 0.2) is 0 Å². The number of carbonyl (C=O) groups is 2. The SMILES string of the molecule is CCCCCCCC=C(CCC)C(OC(C)=O)OC(C)=O. The van der Waals surface area contributed by atoms with Crippen LogP contribution in [0.15, 0.2) is 11.6 Å². The first-order valence-electron chi connectivity index (χ1n) is 8.04. The molecule has 21 heavy (non-hydrogen) atoms. The van der Waals surface area contributed by atoms with E-state index in [1.54, 1.807) is 0 Å². The highest BCUT2D eigenvalue weighted by atomic mass is 16.7. The maximum atomic E-state index is 11.2. The second-order valence-corrected chi connectivity index (χ2v) is 5.28. The molecule has 0 radical (unpaired) electrons. The number of esters is 2. The molecule has 4 heteroatoms. The third-order valence-electron chi connectivity index (χ3n) is 3.10. The number of hydrogen-bond donors (Lipinski definition) is 0. The van der Waals surface area contributed by atoms with Gasteiger partial charge in [-0.05, 0) is 19.3 Å². The lowest BCUT2D eigenvalue weighted by atomic mass is 10.1. The first-order chi connectivity index (χ1) is 10.0. The smallest absolute Gasteiger partial charge is 0.305 e. The van der Waals surface area contributed by atoms with Crippen LogP contribution in [-0.4, -0.2) is 18.2 Å². The molecule has 4 nitrogen and oxygen atoms in total. The van der Waals surface area contributed by atoms with Crippen LogP contribution in [0.3, 0.4) is 0 Å². The normalized spacial score (nSPS) is 11.6. The maximum absolute atomic E-state index is 11.2. The molecule has 0 aromatic carbocycles. The van der Waals surface area contributed by atoms with E-state index in [2.05, 4.69) is 13.0 Å². The van der Waals surface area contributed by atoms with E-state index in [0.717, 1.165) is 31.3 Å². The summed E-state index contributed by atoms with van der Waals surface area (Å²) in [5.74, 6) is -0.877. The number of unbranched alkanes of at least 4 members (excludes halogenated alkanes) is 5. The number of hydrogen-bond acceptors (Lipinski definition) is 4. The average molecular weight is 298 g/mol. The molecule has 0 unspecified atom stereocenters. The zero-order chi connectivity index (χ0) is 16.1. The fourth-order valence-electron chi connectivity index (χ4n) is 2.12. The number of rotatable bonds is 11. The summed E-state index contributed by atoms with van der Waals surface area (Å²) in [5, 5.41) is 0. The Bertz CT molecular complexity index is 318. The summed E-state index contributed by atoms with van der Waals surface area (Å²) in [5.41, 5.74) is 0.887. The highest BCUT2D eigenvalue weighted by Crippen LogP contribution is 2.18. The molecule has 0 saturated heterocycles. The molecule has 0 heterocycles. The summed E-state index contributed by atoms with van der Waals surface area (Å²) in [4.78, 5) is 22.3. The number of allylic oxidation sites excluding steroid dienone is 1. The fourth-order valence-corrected chi connectivity index (χ4v) is 2.12. The van der Waals surface area contributed by atoms with Gasteiger partial charge in [-0.2, -0.15) is 0 Å². The fraction of sp³-hybridized carbons (Fsp3) is 0.765. The van der Waals surface area contributed by atoms with Crippen molar-refractivity contribution in [2.24, 2.45) is 0 Å². The van der Waals surface area contributed by atoms with Crippen LogP contribution in [0.1, 0.15) is 79.1 Å². The van der Waals surface area contributed by atoms with Crippen LogP contribution in [0.2, 0.25) is 0 Å². The Hall–Kier alpha value is -1.32. The van der Waals surface area contributed by atoms with E-state index in [1.165, 1.54) is 39.5 Å². The van der Waals surface area contributed by atoms with Crippen molar-refractivity contribution in [3.63, 3.8) is 0 Å². The van der Waals surface area contributed by atoms with Crippen molar-refractivity contribution in [2.45, 2.75) is 85.4 Å². The minimum atomic E-state index is -0.865. The van der Waals surface area contributed by atoms with Crippen molar-refractivity contribution in [3.8, 4) is 0 Å². The minimum absolute atomic E-state index is 0.439. The molecule has 0 rings (SSSR count). The Morgan fingerprint density at radius 3 is 1.95 bits per heavy atom. The quantitative estimate of drug-likeness (QED) is 0.243. The maximum Gasteiger partial charge on any atom is 0.305 e. The van der Waals surface area contributed by atoms with Gasteiger partial charge in [0.2, 0.25) is 0 Å². The molecule has 0 spiro atoms. The Balaban J connectivity index is 4.54. The molecular formula is C17H30O4. The highest BCUT2D eigenvalue weighted by molar-refractivity contribution is 5.68. The third-order valence-corrected chi connectivity index (χ3v) is 3.10. The topological polar surface area (TPSA) is 52.6 Å². The standard InChI is InChI=1S/C17H30O4/c1-5-7-8-9-10-11-13-16(12-6-2)17(20-14(3)18)21-15(4)19/h13,17H,5-12H2,1-4H3. The Labute approximate surface area is 128 Å². The molecule has 122 valence electrons. The molecular weight excluding hydrogens is 268 g/mol. The van der Waals surface area contributed by atoms with E-state index >= 15 is 0 Å². The summed E-state index contributed by atoms with van der Waals surface area (Å²) in [7, 11) is 0. The van der Waals surface area contributed by atoms with Crippen LogP contribution in [0.5, 0.6) is 0 Å². The predicted molar refractivity (Wildman–Crippen MR) is 83.7 cm³/mol. The van der Waals surface area contributed by atoms with E-state index in [1.807, 2.05) is 6.92 Å². The van der Waals surface area contributed by atoms with Gasteiger partial charge in [0.05, 0.1) is 0 Å². The van der Waals surface area contributed by atoms with Gasteiger partial charge in [-0.15, -0.1) is 0 Å². The molecule has 0 aromatic rings. The second kappa shape index (κ2) is 12.4. The van der Waals surface area contributed by atoms with Gasteiger partial charge < -0.3 is 9.47 Å². The van der Waals surface area contributed by atoms with E-state index in [0.29, 0.717) is 0 Å². The molecule has 0 aromatic heterocycles. The molecule has 0 saturated carbocycles. The molecule has 0 bridgehead atoms. The van der Waals surface area contributed by atoms with E-state index in [-0.39, 0.29) is 0 Å². The van der Waals surface area contributed by atoms with E-state index in [9.17, 15) is 9.59 Å². The van der Waals surface area contributed by atoms with Crippen molar-refractivity contribution in [3.05, 3.63) is 11.6 Å². The molecule has 0 fully saturated rings. The van der Waals surface area contributed by atoms with Crippen molar-refractivity contribution in [1.29, 1.82) is 0 Å². The average Bonchev–Trinajstić information content (AvgIpc) is 2.39. The summed E-state index contributed by atoms with van der Waals surface area (Å²) >= 11 is 0. The lowest BCUT2D eigenvalue weighted by Gasteiger charge is -2.19. The van der Waals surface area contributed by atoms with Gasteiger partial charge in [-0.25, -0.2) is 0 Å². The van der Waals surface area contributed by atoms with Crippen LogP contribution >= 0.6 is 0 Å². The van der Waals surface area contributed by atoms with Gasteiger partial charge in [-0.3, -0.25) is 9.59 Å². The van der Waals surface area contributed by atoms with Crippen LogP contribution in [-0.2, 0) is 19.1 Å². The largest absolute Gasteiger partial charge is 0.421 e. The third kappa shape index (κ3) is 11.1. The number of ether oxygens (including phenoxy) is 2. The van der Waals surface area contributed by atoms with Crippen LogP contribution in [0.25, 0.3) is 0 Å². The van der Waals surface area contributed by atoms with Gasteiger partial charge in [0.25, 0.3) is 6.29 Å². The number of carbonyl (C=O) groups excluding carboxylic acids is 2. The molecule has 0 aliphatic heterocycles. The van der Waals surface area contributed by atoms with Crippen molar-refractivity contribution >= 4 is 11.9 Å². The summed E-state index contributed by atoms with van der Waals surface area (Å²) in [6.45, 7) is 6.89. The zero-order valence-electron chi connectivity index (χ0n) is 13.9. The lowest BCUT2D eigenvalue weighted by Crippen LogP contribution is -2.24.